The van der Waals surface area contributed by atoms with Crippen LogP contribution in [-0.2, 0) is 0 Å². The van der Waals surface area contributed by atoms with Crippen molar-refractivity contribution in [1.29, 1.82) is 0 Å². The first-order valence-corrected chi connectivity index (χ1v) is 4.86. The van der Waals surface area contributed by atoms with Crippen LogP contribution in [0.4, 0.5) is 0 Å². The van der Waals surface area contributed by atoms with Crippen molar-refractivity contribution in [2.45, 2.75) is 25.8 Å². The predicted octanol–water partition coefficient (Wildman–Crippen LogP) is 1.53. The number of hydrogen-bond donors (Lipinski definition) is 1. The number of fused-ring (bicyclic) bond motifs is 1. The van der Waals surface area contributed by atoms with Crippen LogP contribution in [0.15, 0.2) is 24.7 Å². The molecule has 2 aromatic rings. The molecule has 2 aromatic heterocycles. The van der Waals surface area contributed by atoms with Crippen molar-refractivity contribution < 1.29 is 0 Å². The molecule has 4 nitrogen and oxygen atoms in total. The number of imidazole rings is 1. The zero-order chi connectivity index (χ0) is 9.97. The lowest BCUT2D eigenvalue weighted by Crippen LogP contribution is -2.15. The molecule has 0 saturated heterocycles. The Morgan fingerprint density at radius 1 is 1.43 bits per heavy atom. The minimum absolute atomic E-state index is 0.00194. The molecule has 2 rings (SSSR count). The zero-order valence-electron chi connectivity index (χ0n) is 8.22. The second kappa shape index (κ2) is 3.75. The fourth-order valence-corrected chi connectivity index (χ4v) is 1.59. The number of nitrogens with zero attached hydrogens (tertiary/aromatic N) is 3. The number of hydrogen-bond acceptors (Lipinski definition) is 3. The summed E-state index contributed by atoms with van der Waals surface area (Å²) in [5, 5.41) is 0. The van der Waals surface area contributed by atoms with Crippen molar-refractivity contribution in [1.82, 2.24) is 14.4 Å². The molecule has 2 N–H and O–H groups in total. The summed E-state index contributed by atoms with van der Waals surface area (Å²) < 4.78 is 1.94. The van der Waals surface area contributed by atoms with E-state index in [0.29, 0.717) is 0 Å². The first kappa shape index (κ1) is 9.15. The molecule has 74 valence electrons. The zero-order valence-corrected chi connectivity index (χ0v) is 8.22. The standard InChI is InChI=1S/C10H14N4/c1-2-3-8(11)10-13-5-4-9-12-6-7-14(9)10/h4-8H,2-3,11H2,1H3. The number of nitrogens with two attached hydrogens (primary N) is 1. The minimum Gasteiger partial charge on any atom is -0.321 e. The van der Waals surface area contributed by atoms with E-state index in [0.717, 1.165) is 24.3 Å². The minimum atomic E-state index is -0.00194. The van der Waals surface area contributed by atoms with Gasteiger partial charge in [0, 0.05) is 18.6 Å². The van der Waals surface area contributed by atoms with E-state index in [4.69, 9.17) is 5.73 Å². The molecule has 0 aliphatic carbocycles. The van der Waals surface area contributed by atoms with Crippen molar-refractivity contribution in [2.75, 3.05) is 0 Å². The van der Waals surface area contributed by atoms with Crippen LogP contribution in [0.3, 0.4) is 0 Å². The monoisotopic (exact) mass is 190 g/mol. The summed E-state index contributed by atoms with van der Waals surface area (Å²) in [6.07, 6.45) is 7.43. The van der Waals surface area contributed by atoms with Gasteiger partial charge in [0.25, 0.3) is 0 Å². The topological polar surface area (TPSA) is 56.2 Å². The molecule has 0 bridgehead atoms. The fraction of sp³-hybridized carbons (Fsp3) is 0.400. The van der Waals surface area contributed by atoms with E-state index < -0.39 is 0 Å². The molecule has 1 atom stereocenters. The van der Waals surface area contributed by atoms with Gasteiger partial charge in [-0.15, -0.1) is 0 Å². The highest BCUT2D eigenvalue weighted by molar-refractivity contribution is 5.37. The first-order valence-electron chi connectivity index (χ1n) is 4.86. The molecule has 14 heavy (non-hydrogen) atoms. The summed E-state index contributed by atoms with van der Waals surface area (Å²) >= 11 is 0. The van der Waals surface area contributed by atoms with Gasteiger partial charge in [-0.05, 0) is 12.5 Å². The Kier molecular flexibility index (Phi) is 2.45. The lowest BCUT2D eigenvalue weighted by molar-refractivity contribution is 0.594. The van der Waals surface area contributed by atoms with E-state index >= 15 is 0 Å². The SMILES string of the molecule is CCCC(N)c1nccc2nccn12. The Hall–Kier alpha value is -1.42. The Morgan fingerprint density at radius 2 is 2.29 bits per heavy atom. The summed E-state index contributed by atoms with van der Waals surface area (Å²) in [6.45, 7) is 2.12. The van der Waals surface area contributed by atoms with E-state index in [1.54, 1.807) is 12.4 Å². The average Bonchev–Trinajstić information content (AvgIpc) is 2.65. The molecular formula is C10H14N4. The fourth-order valence-electron chi connectivity index (χ4n) is 1.59. The van der Waals surface area contributed by atoms with E-state index in [1.165, 1.54) is 0 Å². The van der Waals surface area contributed by atoms with Gasteiger partial charge in [0.05, 0.1) is 6.04 Å². The summed E-state index contributed by atoms with van der Waals surface area (Å²) in [5.74, 6) is 0.891. The third-order valence-corrected chi connectivity index (χ3v) is 2.28. The van der Waals surface area contributed by atoms with Gasteiger partial charge >= 0.3 is 0 Å². The van der Waals surface area contributed by atoms with Crippen LogP contribution >= 0.6 is 0 Å². The van der Waals surface area contributed by atoms with Gasteiger partial charge in [-0.3, -0.25) is 4.40 Å². The number of rotatable bonds is 3. The summed E-state index contributed by atoms with van der Waals surface area (Å²) in [4.78, 5) is 8.48. The maximum atomic E-state index is 6.02. The Labute approximate surface area is 82.8 Å². The van der Waals surface area contributed by atoms with Gasteiger partial charge in [0.15, 0.2) is 0 Å². The summed E-state index contributed by atoms with van der Waals surface area (Å²) in [6, 6.07) is 1.88. The Balaban J connectivity index is 2.45. The van der Waals surface area contributed by atoms with E-state index in [1.807, 2.05) is 16.7 Å². The Morgan fingerprint density at radius 3 is 3.07 bits per heavy atom. The highest BCUT2D eigenvalue weighted by Gasteiger charge is 2.09. The maximum absolute atomic E-state index is 6.02. The van der Waals surface area contributed by atoms with E-state index in [9.17, 15) is 0 Å². The highest BCUT2D eigenvalue weighted by atomic mass is 15.1. The van der Waals surface area contributed by atoms with Crippen molar-refractivity contribution in [2.24, 2.45) is 5.73 Å². The molecule has 0 radical (unpaired) electrons. The molecule has 0 aliphatic rings. The lowest BCUT2D eigenvalue weighted by Gasteiger charge is -2.11. The van der Waals surface area contributed by atoms with E-state index in [2.05, 4.69) is 16.9 Å². The summed E-state index contributed by atoms with van der Waals surface area (Å²) in [5.41, 5.74) is 6.92. The molecule has 2 heterocycles. The highest BCUT2D eigenvalue weighted by Crippen LogP contribution is 2.14. The molecule has 0 fully saturated rings. The van der Waals surface area contributed by atoms with Crippen molar-refractivity contribution in [3.8, 4) is 0 Å². The van der Waals surface area contributed by atoms with Crippen molar-refractivity contribution in [3.63, 3.8) is 0 Å². The largest absolute Gasteiger partial charge is 0.321 e. The normalized spacial score (nSPS) is 13.3. The van der Waals surface area contributed by atoms with E-state index in [-0.39, 0.29) is 6.04 Å². The van der Waals surface area contributed by atoms with Crippen LogP contribution < -0.4 is 5.73 Å². The van der Waals surface area contributed by atoms with Crippen LogP contribution in [-0.4, -0.2) is 14.4 Å². The quantitative estimate of drug-likeness (QED) is 0.798. The van der Waals surface area contributed by atoms with Crippen LogP contribution in [0.5, 0.6) is 0 Å². The number of aromatic nitrogens is 3. The molecule has 0 aliphatic heterocycles. The van der Waals surface area contributed by atoms with Gasteiger partial charge in [0.2, 0.25) is 0 Å². The third kappa shape index (κ3) is 1.48. The average molecular weight is 190 g/mol. The van der Waals surface area contributed by atoms with Gasteiger partial charge in [-0.1, -0.05) is 13.3 Å². The van der Waals surface area contributed by atoms with Crippen LogP contribution in [0.2, 0.25) is 0 Å². The maximum Gasteiger partial charge on any atom is 0.139 e. The van der Waals surface area contributed by atoms with Gasteiger partial charge < -0.3 is 5.73 Å². The van der Waals surface area contributed by atoms with Gasteiger partial charge in [-0.2, -0.15) is 0 Å². The molecule has 0 aromatic carbocycles. The van der Waals surface area contributed by atoms with Crippen LogP contribution in [0.1, 0.15) is 31.6 Å². The predicted molar refractivity (Wildman–Crippen MR) is 54.8 cm³/mol. The van der Waals surface area contributed by atoms with Crippen LogP contribution in [0, 0.1) is 0 Å². The molecule has 4 heteroatoms. The second-order valence-electron chi connectivity index (χ2n) is 3.35. The van der Waals surface area contributed by atoms with Crippen LogP contribution in [0.25, 0.3) is 5.65 Å². The van der Waals surface area contributed by atoms with Crippen molar-refractivity contribution in [3.05, 3.63) is 30.5 Å². The molecule has 1 unspecified atom stereocenters. The van der Waals surface area contributed by atoms with Gasteiger partial charge in [-0.25, -0.2) is 9.97 Å². The Bertz CT molecular complexity index is 421. The molecule has 0 spiro atoms. The smallest absolute Gasteiger partial charge is 0.139 e. The van der Waals surface area contributed by atoms with Crippen molar-refractivity contribution >= 4 is 5.65 Å². The molecule has 0 amide bonds. The second-order valence-corrected chi connectivity index (χ2v) is 3.35. The molecular weight excluding hydrogens is 176 g/mol. The first-order chi connectivity index (χ1) is 6.83. The molecule has 0 saturated carbocycles. The lowest BCUT2D eigenvalue weighted by atomic mass is 10.1. The third-order valence-electron chi connectivity index (χ3n) is 2.28. The van der Waals surface area contributed by atoms with Gasteiger partial charge in [0.1, 0.15) is 11.5 Å². The summed E-state index contributed by atoms with van der Waals surface area (Å²) in [7, 11) is 0.